The zero-order chi connectivity index (χ0) is 10.1. The summed E-state index contributed by atoms with van der Waals surface area (Å²) in [7, 11) is 1.81. The molecule has 0 aliphatic carbocycles. The predicted molar refractivity (Wildman–Crippen MR) is 54.5 cm³/mol. The average Bonchev–Trinajstić information content (AvgIpc) is 2.43. The van der Waals surface area contributed by atoms with Crippen molar-refractivity contribution in [1.29, 1.82) is 0 Å². The number of carbonyl (C=O) groups excluding carboxylic acids is 1. The second-order valence-corrected chi connectivity index (χ2v) is 3.73. The van der Waals surface area contributed by atoms with Crippen molar-refractivity contribution in [2.45, 2.75) is 18.5 Å². The molecular weight excluding hydrogens is 176 g/mol. The standard InChI is InChI=1S/C11H14N2O/c1-13-10(14)7-9(12)11(13)8-5-3-2-4-6-8/h2-6,9,11H,7,12H2,1H3/t9-,11+/m0/s1. The summed E-state index contributed by atoms with van der Waals surface area (Å²) < 4.78 is 0. The monoisotopic (exact) mass is 190 g/mol. The number of hydrogen-bond donors (Lipinski definition) is 1. The van der Waals surface area contributed by atoms with Crippen LogP contribution in [0.1, 0.15) is 18.0 Å². The molecule has 0 bridgehead atoms. The molecule has 2 N–H and O–H groups in total. The lowest BCUT2D eigenvalue weighted by molar-refractivity contribution is -0.127. The number of benzene rings is 1. The van der Waals surface area contributed by atoms with Crippen LogP contribution in [0, 0.1) is 0 Å². The van der Waals surface area contributed by atoms with Crippen LogP contribution in [0.5, 0.6) is 0 Å². The third kappa shape index (κ3) is 1.40. The van der Waals surface area contributed by atoms with E-state index in [0.29, 0.717) is 6.42 Å². The third-order valence-corrected chi connectivity index (χ3v) is 2.77. The zero-order valence-corrected chi connectivity index (χ0v) is 8.18. The van der Waals surface area contributed by atoms with Gasteiger partial charge in [0.2, 0.25) is 5.91 Å². The van der Waals surface area contributed by atoms with Gasteiger partial charge in [0.25, 0.3) is 0 Å². The maximum atomic E-state index is 11.4. The molecule has 0 saturated carbocycles. The Balaban J connectivity index is 2.31. The molecule has 0 spiro atoms. The van der Waals surface area contributed by atoms with Crippen molar-refractivity contribution in [3.05, 3.63) is 35.9 Å². The molecule has 2 atom stereocenters. The van der Waals surface area contributed by atoms with E-state index in [0.717, 1.165) is 5.56 Å². The molecule has 1 fully saturated rings. The molecule has 1 aromatic rings. The highest BCUT2D eigenvalue weighted by Crippen LogP contribution is 2.29. The molecule has 1 aromatic carbocycles. The van der Waals surface area contributed by atoms with E-state index in [1.165, 1.54) is 0 Å². The minimum absolute atomic E-state index is 0.0451. The van der Waals surface area contributed by atoms with Gasteiger partial charge in [0, 0.05) is 19.5 Å². The van der Waals surface area contributed by atoms with Gasteiger partial charge in [-0.15, -0.1) is 0 Å². The number of nitrogens with two attached hydrogens (primary N) is 1. The molecule has 14 heavy (non-hydrogen) atoms. The van der Waals surface area contributed by atoms with Crippen LogP contribution in [-0.2, 0) is 4.79 Å². The van der Waals surface area contributed by atoms with Crippen molar-refractivity contribution in [3.63, 3.8) is 0 Å². The smallest absolute Gasteiger partial charge is 0.224 e. The summed E-state index contributed by atoms with van der Waals surface area (Å²) in [5.41, 5.74) is 7.05. The lowest BCUT2D eigenvalue weighted by Gasteiger charge is -2.23. The number of carbonyl (C=O) groups is 1. The highest BCUT2D eigenvalue weighted by molar-refractivity contribution is 5.80. The summed E-state index contributed by atoms with van der Waals surface area (Å²) in [6, 6.07) is 9.90. The van der Waals surface area contributed by atoms with Gasteiger partial charge >= 0.3 is 0 Å². The van der Waals surface area contributed by atoms with E-state index in [4.69, 9.17) is 5.73 Å². The highest BCUT2D eigenvalue weighted by Gasteiger charge is 2.35. The van der Waals surface area contributed by atoms with Crippen molar-refractivity contribution in [2.75, 3.05) is 7.05 Å². The Morgan fingerprint density at radius 2 is 2.00 bits per heavy atom. The molecule has 3 heteroatoms. The molecule has 0 radical (unpaired) electrons. The molecule has 1 saturated heterocycles. The minimum Gasteiger partial charge on any atom is -0.337 e. The van der Waals surface area contributed by atoms with Gasteiger partial charge in [-0.1, -0.05) is 30.3 Å². The Bertz CT molecular complexity index is 336. The van der Waals surface area contributed by atoms with Crippen molar-refractivity contribution in [3.8, 4) is 0 Å². The predicted octanol–water partition coefficient (Wildman–Crippen LogP) is 0.917. The van der Waals surface area contributed by atoms with Gasteiger partial charge in [-0.2, -0.15) is 0 Å². The van der Waals surface area contributed by atoms with E-state index < -0.39 is 0 Å². The summed E-state index contributed by atoms with van der Waals surface area (Å²) in [6.45, 7) is 0. The van der Waals surface area contributed by atoms with Crippen molar-refractivity contribution >= 4 is 5.91 Å². The Hall–Kier alpha value is -1.35. The molecule has 1 aliphatic heterocycles. The van der Waals surface area contributed by atoms with Crippen molar-refractivity contribution in [2.24, 2.45) is 5.73 Å². The second kappa shape index (κ2) is 3.42. The first kappa shape index (κ1) is 9.21. The SMILES string of the molecule is CN1C(=O)C[C@H](N)[C@H]1c1ccccc1. The number of likely N-dealkylation sites (tertiary alicyclic amines) is 1. The average molecular weight is 190 g/mol. The van der Waals surface area contributed by atoms with E-state index >= 15 is 0 Å². The summed E-state index contributed by atoms with van der Waals surface area (Å²) in [5.74, 6) is 0.131. The Kier molecular flexibility index (Phi) is 2.25. The van der Waals surface area contributed by atoms with Crippen molar-refractivity contribution in [1.82, 2.24) is 4.90 Å². The summed E-state index contributed by atoms with van der Waals surface area (Å²) in [6.07, 6.45) is 0.454. The van der Waals surface area contributed by atoms with E-state index in [1.807, 2.05) is 37.4 Å². The van der Waals surface area contributed by atoms with Gasteiger partial charge < -0.3 is 10.6 Å². The number of amides is 1. The zero-order valence-electron chi connectivity index (χ0n) is 8.18. The van der Waals surface area contributed by atoms with E-state index in [2.05, 4.69) is 0 Å². The molecule has 0 unspecified atom stereocenters. The number of rotatable bonds is 1. The number of hydrogen-bond acceptors (Lipinski definition) is 2. The molecule has 1 amide bonds. The van der Waals surface area contributed by atoms with Gasteiger partial charge in [-0.25, -0.2) is 0 Å². The third-order valence-electron chi connectivity index (χ3n) is 2.77. The molecule has 2 rings (SSSR count). The van der Waals surface area contributed by atoms with Gasteiger partial charge in [0.15, 0.2) is 0 Å². The summed E-state index contributed by atoms with van der Waals surface area (Å²) in [5, 5.41) is 0. The lowest BCUT2D eigenvalue weighted by Crippen LogP contribution is -2.30. The Labute approximate surface area is 83.5 Å². The van der Waals surface area contributed by atoms with Crippen LogP contribution < -0.4 is 5.73 Å². The van der Waals surface area contributed by atoms with Gasteiger partial charge in [0.05, 0.1) is 6.04 Å². The first-order chi connectivity index (χ1) is 6.70. The summed E-state index contributed by atoms with van der Waals surface area (Å²) in [4.78, 5) is 13.2. The fourth-order valence-electron chi connectivity index (χ4n) is 2.02. The molecule has 1 aliphatic rings. The molecular formula is C11H14N2O. The van der Waals surface area contributed by atoms with Crippen LogP contribution in [-0.4, -0.2) is 23.9 Å². The van der Waals surface area contributed by atoms with Crippen LogP contribution in [0.3, 0.4) is 0 Å². The quantitative estimate of drug-likeness (QED) is 0.715. The van der Waals surface area contributed by atoms with Gasteiger partial charge in [-0.05, 0) is 5.56 Å². The molecule has 74 valence electrons. The van der Waals surface area contributed by atoms with Gasteiger partial charge in [-0.3, -0.25) is 4.79 Å². The highest BCUT2D eigenvalue weighted by atomic mass is 16.2. The first-order valence-electron chi connectivity index (χ1n) is 4.76. The largest absolute Gasteiger partial charge is 0.337 e. The van der Waals surface area contributed by atoms with Crippen LogP contribution in [0.25, 0.3) is 0 Å². The fraction of sp³-hybridized carbons (Fsp3) is 0.364. The van der Waals surface area contributed by atoms with Crippen LogP contribution in [0.4, 0.5) is 0 Å². The van der Waals surface area contributed by atoms with Gasteiger partial charge in [0.1, 0.15) is 0 Å². The topological polar surface area (TPSA) is 46.3 Å². The molecule has 3 nitrogen and oxygen atoms in total. The fourth-order valence-corrected chi connectivity index (χ4v) is 2.02. The van der Waals surface area contributed by atoms with Crippen molar-refractivity contribution < 1.29 is 4.79 Å². The molecule has 0 aromatic heterocycles. The summed E-state index contributed by atoms with van der Waals surface area (Å²) >= 11 is 0. The van der Waals surface area contributed by atoms with E-state index in [1.54, 1.807) is 4.90 Å². The minimum atomic E-state index is -0.0742. The maximum absolute atomic E-state index is 11.4. The molecule has 1 heterocycles. The van der Waals surface area contributed by atoms with Crippen LogP contribution in [0.2, 0.25) is 0 Å². The van der Waals surface area contributed by atoms with Crippen LogP contribution >= 0.6 is 0 Å². The Morgan fingerprint density at radius 1 is 1.36 bits per heavy atom. The normalized spacial score (nSPS) is 27.0. The number of likely N-dealkylation sites (N-methyl/N-ethyl adjacent to an activating group) is 1. The van der Waals surface area contributed by atoms with Crippen LogP contribution in [0.15, 0.2) is 30.3 Å². The number of nitrogens with zero attached hydrogens (tertiary/aromatic N) is 1. The first-order valence-corrected chi connectivity index (χ1v) is 4.76. The Morgan fingerprint density at radius 3 is 2.50 bits per heavy atom. The second-order valence-electron chi connectivity index (χ2n) is 3.73. The van der Waals surface area contributed by atoms with E-state index in [-0.39, 0.29) is 18.0 Å². The maximum Gasteiger partial charge on any atom is 0.224 e. The van der Waals surface area contributed by atoms with E-state index in [9.17, 15) is 4.79 Å². The lowest BCUT2D eigenvalue weighted by atomic mass is 10.0.